The van der Waals surface area contributed by atoms with Gasteiger partial charge in [0.1, 0.15) is 5.02 Å². The zero-order valence-electron chi connectivity index (χ0n) is 10.4. The number of aryl methyl sites for hydroxylation is 1. The number of nitrogens with one attached hydrogen (secondary N) is 1. The van der Waals surface area contributed by atoms with Crippen LogP contribution < -0.4 is 10.9 Å². The van der Waals surface area contributed by atoms with Gasteiger partial charge < -0.3 is 5.32 Å². The van der Waals surface area contributed by atoms with Crippen molar-refractivity contribution in [2.75, 3.05) is 5.32 Å². The van der Waals surface area contributed by atoms with Crippen LogP contribution in [0.1, 0.15) is 12.5 Å². The maximum absolute atomic E-state index is 11.8. The second kappa shape index (κ2) is 6.21. The van der Waals surface area contributed by atoms with Gasteiger partial charge in [-0.2, -0.15) is 5.10 Å². The Hall–Kier alpha value is -1.33. The van der Waals surface area contributed by atoms with Gasteiger partial charge in [0, 0.05) is 17.6 Å². The number of aromatic nitrogens is 2. The average Bonchev–Trinajstić information content (AvgIpc) is 2.42. The molecule has 2 rings (SSSR count). The molecule has 1 N–H and O–H groups in total. The minimum absolute atomic E-state index is 0.170. The number of nitrogens with zero attached hydrogens (tertiary/aromatic N) is 2. The zero-order chi connectivity index (χ0) is 13.8. The Balaban J connectivity index is 2.19. The molecular weight excluding hydrogens is 330 g/mol. The number of anilines is 1. The van der Waals surface area contributed by atoms with Crippen molar-refractivity contribution in [3.63, 3.8) is 0 Å². The Labute approximate surface area is 124 Å². The van der Waals surface area contributed by atoms with Crippen LogP contribution in [0.15, 0.2) is 39.7 Å². The van der Waals surface area contributed by atoms with E-state index in [9.17, 15) is 4.79 Å². The number of hydrogen-bond acceptors (Lipinski definition) is 3. The van der Waals surface area contributed by atoms with E-state index in [0.29, 0.717) is 18.8 Å². The summed E-state index contributed by atoms with van der Waals surface area (Å²) in [5, 5.41) is 7.33. The van der Waals surface area contributed by atoms with E-state index in [4.69, 9.17) is 11.6 Å². The minimum Gasteiger partial charge on any atom is -0.378 e. The zero-order valence-corrected chi connectivity index (χ0v) is 12.7. The highest BCUT2D eigenvalue weighted by Crippen LogP contribution is 2.20. The molecule has 0 unspecified atom stereocenters. The van der Waals surface area contributed by atoms with Gasteiger partial charge in [-0.25, -0.2) is 4.68 Å². The minimum atomic E-state index is -0.277. The third kappa shape index (κ3) is 3.16. The van der Waals surface area contributed by atoms with Crippen molar-refractivity contribution in [3.8, 4) is 0 Å². The van der Waals surface area contributed by atoms with Crippen LogP contribution in [0.3, 0.4) is 0 Å². The summed E-state index contributed by atoms with van der Waals surface area (Å²) >= 11 is 9.51. The molecule has 0 aliphatic carbocycles. The molecule has 0 bridgehead atoms. The van der Waals surface area contributed by atoms with Gasteiger partial charge in [0.2, 0.25) is 0 Å². The van der Waals surface area contributed by atoms with E-state index in [1.54, 1.807) is 6.20 Å². The van der Waals surface area contributed by atoms with E-state index in [-0.39, 0.29) is 10.6 Å². The molecule has 0 saturated heterocycles. The van der Waals surface area contributed by atoms with Crippen LogP contribution in [0.25, 0.3) is 0 Å². The van der Waals surface area contributed by atoms with E-state index in [1.807, 2.05) is 31.2 Å². The summed E-state index contributed by atoms with van der Waals surface area (Å²) in [5.41, 5.74) is 1.35. The van der Waals surface area contributed by atoms with Crippen LogP contribution in [0, 0.1) is 0 Å². The lowest BCUT2D eigenvalue weighted by molar-refractivity contribution is 0.616. The van der Waals surface area contributed by atoms with Gasteiger partial charge in [-0.1, -0.05) is 45.7 Å². The fourth-order valence-electron chi connectivity index (χ4n) is 1.65. The first kappa shape index (κ1) is 14.1. The van der Waals surface area contributed by atoms with E-state index < -0.39 is 0 Å². The molecular formula is C13H13BrClN3O. The molecule has 0 aliphatic rings. The van der Waals surface area contributed by atoms with Crippen molar-refractivity contribution in [1.82, 2.24) is 9.78 Å². The number of rotatable bonds is 4. The van der Waals surface area contributed by atoms with Crippen molar-refractivity contribution >= 4 is 33.2 Å². The third-order valence-corrected chi connectivity index (χ3v) is 3.85. The molecule has 0 amide bonds. The molecule has 0 fully saturated rings. The summed E-state index contributed by atoms with van der Waals surface area (Å²) in [5.74, 6) is 0. The largest absolute Gasteiger partial charge is 0.378 e. The lowest BCUT2D eigenvalue weighted by Gasteiger charge is -2.10. The van der Waals surface area contributed by atoms with Gasteiger partial charge in [0.25, 0.3) is 5.56 Å². The van der Waals surface area contributed by atoms with Crippen LogP contribution >= 0.6 is 27.5 Å². The van der Waals surface area contributed by atoms with Crippen molar-refractivity contribution in [1.29, 1.82) is 0 Å². The Morgan fingerprint density at radius 1 is 1.42 bits per heavy atom. The smallest absolute Gasteiger partial charge is 0.287 e. The lowest BCUT2D eigenvalue weighted by atomic mass is 10.2. The molecule has 1 aromatic carbocycles. The molecule has 2 aromatic rings. The summed E-state index contributed by atoms with van der Waals surface area (Å²) in [6.45, 7) is 2.92. The highest BCUT2D eigenvalue weighted by atomic mass is 79.9. The van der Waals surface area contributed by atoms with E-state index >= 15 is 0 Å². The van der Waals surface area contributed by atoms with Gasteiger partial charge in [0.05, 0.1) is 11.9 Å². The van der Waals surface area contributed by atoms with Gasteiger partial charge in [-0.15, -0.1) is 0 Å². The predicted octanol–water partition coefficient (Wildman–Crippen LogP) is 3.29. The Bertz CT molecular complexity index is 642. The molecule has 1 heterocycles. The topological polar surface area (TPSA) is 46.9 Å². The maximum Gasteiger partial charge on any atom is 0.287 e. The van der Waals surface area contributed by atoms with Gasteiger partial charge in [-0.05, 0) is 18.6 Å². The summed E-state index contributed by atoms with van der Waals surface area (Å²) < 4.78 is 2.33. The number of benzene rings is 1. The normalized spacial score (nSPS) is 10.5. The van der Waals surface area contributed by atoms with Crippen molar-refractivity contribution in [3.05, 3.63) is 55.9 Å². The van der Waals surface area contributed by atoms with Gasteiger partial charge >= 0.3 is 0 Å². The van der Waals surface area contributed by atoms with E-state index in [1.165, 1.54) is 4.68 Å². The predicted molar refractivity (Wildman–Crippen MR) is 80.6 cm³/mol. The first-order valence-electron chi connectivity index (χ1n) is 5.86. The maximum atomic E-state index is 11.8. The molecule has 0 aliphatic heterocycles. The molecule has 1 aromatic heterocycles. The van der Waals surface area contributed by atoms with Crippen LogP contribution in [0.2, 0.25) is 5.02 Å². The molecule has 0 radical (unpaired) electrons. The molecule has 19 heavy (non-hydrogen) atoms. The summed E-state index contributed by atoms with van der Waals surface area (Å²) in [7, 11) is 0. The fourth-order valence-corrected chi connectivity index (χ4v) is 2.28. The summed E-state index contributed by atoms with van der Waals surface area (Å²) in [6.07, 6.45) is 1.57. The highest BCUT2D eigenvalue weighted by Gasteiger charge is 2.08. The molecule has 4 nitrogen and oxygen atoms in total. The number of halogens is 2. The lowest BCUT2D eigenvalue weighted by Crippen LogP contribution is -2.23. The Morgan fingerprint density at radius 3 is 2.84 bits per heavy atom. The standard InChI is InChI=1S/C13H13BrClN3O/c1-2-18-13(19)12(15)11(8-17-18)16-7-9-5-3-4-6-10(9)14/h3-6,8,16H,2,7H2,1H3. The Morgan fingerprint density at radius 2 is 2.16 bits per heavy atom. The molecule has 0 atom stereocenters. The van der Waals surface area contributed by atoms with Crippen molar-refractivity contribution in [2.45, 2.75) is 20.0 Å². The average molecular weight is 343 g/mol. The van der Waals surface area contributed by atoms with Crippen LogP contribution in [-0.4, -0.2) is 9.78 Å². The first-order chi connectivity index (χ1) is 9.13. The van der Waals surface area contributed by atoms with E-state index in [0.717, 1.165) is 10.0 Å². The molecule has 6 heteroatoms. The summed E-state index contributed by atoms with van der Waals surface area (Å²) in [4.78, 5) is 11.8. The van der Waals surface area contributed by atoms with E-state index in [2.05, 4.69) is 26.3 Å². The quantitative estimate of drug-likeness (QED) is 0.927. The monoisotopic (exact) mass is 341 g/mol. The molecule has 0 spiro atoms. The highest BCUT2D eigenvalue weighted by molar-refractivity contribution is 9.10. The third-order valence-electron chi connectivity index (χ3n) is 2.71. The Kier molecular flexibility index (Phi) is 4.61. The van der Waals surface area contributed by atoms with Gasteiger partial charge in [-0.3, -0.25) is 4.79 Å². The second-order valence-electron chi connectivity index (χ2n) is 3.94. The van der Waals surface area contributed by atoms with Crippen molar-refractivity contribution in [2.24, 2.45) is 0 Å². The summed E-state index contributed by atoms with van der Waals surface area (Å²) in [6, 6.07) is 7.86. The molecule has 100 valence electrons. The SMILES string of the molecule is CCn1ncc(NCc2ccccc2Br)c(Cl)c1=O. The van der Waals surface area contributed by atoms with Crippen LogP contribution in [-0.2, 0) is 13.1 Å². The molecule has 0 saturated carbocycles. The number of hydrogen-bond donors (Lipinski definition) is 1. The first-order valence-corrected chi connectivity index (χ1v) is 7.03. The van der Waals surface area contributed by atoms with Crippen molar-refractivity contribution < 1.29 is 0 Å². The van der Waals surface area contributed by atoms with Gasteiger partial charge in [0.15, 0.2) is 0 Å². The second-order valence-corrected chi connectivity index (χ2v) is 5.17. The van der Waals surface area contributed by atoms with Crippen LogP contribution in [0.4, 0.5) is 5.69 Å². The van der Waals surface area contributed by atoms with Crippen LogP contribution in [0.5, 0.6) is 0 Å². The fraction of sp³-hybridized carbons (Fsp3) is 0.231.